The summed E-state index contributed by atoms with van der Waals surface area (Å²) in [4.78, 5) is 0. The van der Waals surface area contributed by atoms with E-state index in [2.05, 4.69) is 36.4 Å². The van der Waals surface area contributed by atoms with Crippen LogP contribution in [0, 0.1) is 17.5 Å². The van der Waals surface area contributed by atoms with Crippen molar-refractivity contribution in [3.63, 3.8) is 0 Å². The first kappa shape index (κ1) is 29.3. The van der Waals surface area contributed by atoms with Gasteiger partial charge in [0.2, 0.25) is 0 Å². The van der Waals surface area contributed by atoms with Crippen LogP contribution in [0.15, 0.2) is 176 Å². The van der Waals surface area contributed by atoms with E-state index in [9.17, 15) is 8.78 Å². The molecule has 0 aromatic heterocycles. The Morgan fingerprint density at radius 2 is 0.630 bits per heavy atom. The van der Waals surface area contributed by atoms with Gasteiger partial charge in [-0.3, -0.25) is 0 Å². The Bertz CT molecular complexity index is 2010. The molecule has 0 spiro atoms. The van der Waals surface area contributed by atoms with Gasteiger partial charge >= 0.3 is 0 Å². The molecule has 0 radical (unpaired) electrons. The molecule has 0 atom stereocenters. The second kappa shape index (κ2) is 12.5. The molecular weight excluding hydrogens is 590 g/mol. The monoisotopic (exact) mass is 618 g/mol. The minimum absolute atomic E-state index is 0.294. The van der Waals surface area contributed by atoms with Gasteiger partial charge in [0, 0.05) is 11.1 Å². The first-order valence-electron chi connectivity index (χ1n) is 15.2. The lowest BCUT2D eigenvalue weighted by molar-refractivity contribution is 0.631. The molecule has 0 nitrogen and oxygen atoms in total. The molecule has 0 fully saturated rings. The first-order chi connectivity index (χ1) is 22.6. The Kier molecular flexibility index (Phi) is 7.96. The Labute approximate surface area is 268 Å². The van der Waals surface area contributed by atoms with Crippen molar-refractivity contribution in [3.8, 4) is 33.4 Å². The summed E-state index contributed by atoms with van der Waals surface area (Å²) in [5.41, 5.74) is 4.66. The maximum absolute atomic E-state index is 16.2. The molecule has 0 heterocycles. The minimum atomic E-state index is -3.31. The predicted molar refractivity (Wildman–Crippen MR) is 186 cm³/mol. The molecule has 0 aliphatic rings. The van der Waals surface area contributed by atoms with Crippen molar-refractivity contribution < 1.29 is 13.2 Å². The summed E-state index contributed by atoms with van der Waals surface area (Å²) in [5.74, 6) is -0.890. The topological polar surface area (TPSA) is 0 Å². The molecule has 0 unspecified atom stereocenters. The van der Waals surface area contributed by atoms with Crippen LogP contribution in [0.3, 0.4) is 0 Å². The highest BCUT2D eigenvalue weighted by molar-refractivity contribution is 7.20. The third kappa shape index (κ3) is 5.27. The van der Waals surface area contributed by atoms with E-state index in [1.807, 2.05) is 91.0 Å². The Morgan fingerprint density at radius 1 is 0.283 bits per heavy atom. The Morgan fingerprint density at radius 3 is 1.07 bits per heavy atom. The maximum atomic E-state index is 16.2. The highest BCUT2D eigenvalue weighted by Gasteiger charge is 2.43. The largest absolute Gasteiger partial charge is 0.207 e. The van der Waals surface area contributed by atoms with Gasteiger partial charge in [0.25, 0.3) is 0 Å². The predicted octanol–water partition coefficient (Wildman–Crippen LogP) is 8.48. The Hall–Kier alpha value is -5.45. The molecule has 46 heavy (non-hydrogen) atoms. The van der Waals surface area contributed by atoms with Gasteiger partial charge in [-0.1, -0.05) is 158 Å². The number of hydrogen-bond donors (Lipinski definition) is 0. The zero-order valence-electron chi connectivity index (χ0n) is 24.9. The van der Waals surface area contributed by atoms with Crippen LogP contribution in [-0.2, 0) is 0 Å². The van der Waals surface area contributed by atoms with Crippen LogP contribution < -0.4 is 20.7 Å². The van der Waals surface area contributed by atoms with Crippen LogP contribution in [0.2, 0.25) is 0 Å². The molecule has 0 saturated carbocycles. The van der Waals surface area contributed by atoms with Crippen LogP contribution in [-0.4, -0.2) is 8.07 Å². The summed E-state index contributed by atoms with van der Waals surface area (Å²) >= 11 is 0. The molecule has 0 aliphatic heterocycles. The summed E-state index contributed by atoms with van der Waals surface area (Å²) < 4.78 is 45.8. The van der Waals surface area contributed by atoms with Crippen molar-refractivity contribution >= 4 is 28.8 Å². The van der Waals surface area contributed by atoms with Gasteiger partial charge in [0.15, 0.2) is 8.07 Å². The molecule has 0 saturated heterocycles. The van der Waals surface area contributed by atoms with E-state index < -0.39 is 8.07 Å². The van der Waals surface area contributed by atoms with E-state index in [1.165, 1.54) is 18.2 Å². The maximum Gasteiger partial charge on any atom is 0.182 e. The normalized spacial score (nSPS) is 11.4. The van der Waals surface area contributed by atoms with Gasteiger partial charge in [-0.2, -0.15) is 0 Å². The molecule has 0 bridgehead atoms. The fraction of sp³-hybridized carbons (Fsp3) is 0. The van der Waals surface area contributed by atoms with Gasteiger partial charge in [-0.05, 0) is 61.2 Å². The Balaban J connectivity index is 1.47. The SMILES string of the molecule is Fc1ccccc1-c1ccc([Si](c2ccc(-c3ccccc3)cc2)(c2ccc(-c3ccccc3F)cc2)c2ccccc2F)cc1. The van der Waals surface area contributed by atoms with Crippen LogP contribution in [0.4, 0.5) is 13.2 Å². The van der Waals surface area contributed by atoms with Crippen molar-refractivity contribution in [1.29, 1.82) is 0 Å². The second-order valence-corrected chi connectivity index (χ2v) is 15.1. The summed E-state index contributed by atoms with van der Waals surface area (Å²) in [5, 5.41) is 3.50. The quantitative estimate of drug-likeness (QED) is 0.124. The number of hydrogen-bond acceptors (Lipinski definition) is 0. The molecule has 0 aliphatic carbocycles. The van der Waals surface area contributed by atoms with E-state index in [0.29, 0.717) is 16.3 Å². The van der Waals surface area contributed by atoms with Gasteiger partial charge in [-0.25, -0.2) is 13.2 Å². The lowest BCUT2D eigenvalue weighted by Gasteiger charge is -2.35. The minimum Gasteiger partial charge on any atom is -0.207 e. The molecule has 0 N–H and O–H groups in total. The average Bonchev–Trinajstić information content (AvgIpc) is 3.11. The molecule has 7 aromatic carbocycles. The molecule has 7 rings (SSSR count). The van der Waals surface area contributed by atoms with Crippen molar-refractivity contribution in [1.82, 2.24) is 0 Å². The molecule has 4 heteroatoms. The molecular formula is C42H29F3Si. The van der Waals surface area contributed by atoms with E-state index in [-0.39, 0.29) is 17.5 Å². The van der Waals surface area contributed by atoms with Crippen LogP contribution in [0.25, 0.3) is 33.4 Å². The molecule has 7 aromatic rings. The highest BCUT2D eigenvalue weighted by Crippen LogP contribution is 2.25. The summed E-state index contributed by atoms with van der Waals surface area (Å²) in [6.07, 6.45) is 0. The van der Waals surface area contributed by atoms with Crippen molar-refractivity contribution in [2.45, 2.75) is 0 Å². The third-order valence-corrected chi connectivity index (χ3v) is 13.5. The summed E-state index contributed by atoms with van der Waals surface area (Å²) in [7, 11) is -3.31. The zero-order valence-corrected chi connectivity index (χ0v) is 25.9. The van der Waals surface area contributed by atoms with E-state index in [4.69, 9.17) is 0 Å². The van der Waals surface area contributed by atoms with Crippen molar-refractivity contribution in [2.24, 2.45) is 0 Å². The second-order valence-electron chi connectivity index (χ2n) is 11.3. The highest BCUT2D eigenvalue weighted by atomic mass is 28.3. The van der Waals surface area contributed by atoms with E-state index in [0.717, 1.165) is 37.8 Å². The number of rotatable bonds is 7. The zero-order chi connectivity index (χ0) is 31.5. The summed E-state index contributed by atoms with van der Waals surface area (Å²) in [6, 6.07) is 54.6. The van der Waals surface area contributed by atoms with Gasteiger partial charge < -0.3 is 0 Å². The van der Waals surface area contributed by atoms with Crippen LogP contribution in [0.1, 0.15) is 0 Å². The van der Waals surface area contributed by atoms with Crippen LogP contribution in [0.5, 0.6) is 0 Å². The lowest BCUT2D eigenvalue weighted by Crippen LogP contribution is -2.75. The lowest BCUT2D eigenvalue weighted by atomic mass is 10.1. The molecule has 0 amide bonds. The van der Waals surface area contributed by atoms with E-state index in [1.54, 1.807) is 30.3 Å². The average molecular weight is 619 g/mol. The van der Waals surface area contributed by atoms with E-state index >= 15 is 4.39 Å². The van der Waals surface area contributed by atoms with Gasteiger partial charge in [0.05, 0.1) is 0 Å². The fourth-order valence-electron chi connectivity index (χ4n) is 6.47. The standard InChI is InChI=1S/C42H29F3Si/c43-39-14-6-4-12-37(39)32-20-26-35(27-21-32)46(42-17-9-8-16-41(42)45,34-24-18-31(19-25-34)30-10-2-1-3-11-30)36-28-22-33(23-29-36)38-13-5-7-15-40(38)44/h1-29H. The number of halogens is 3. The van der Waals surface area contributed by atoms with Gasteiger partial charge in [0.1, 0.15) is 17.5 Å². The fourth-order valence-corrected chi connectivity index (χ4v) is 11.2. The smallest absolute Gasteiger partial charge is 0.182 e. The van der Waals surface area contributed by atoms with Gasteiger partial charge in [-0.15, -0.1) is 0 Å². The summed E-state index contributed by atoms with van der Waals surface area (Å²) in [6.45, 7) is 0. The number of benzene rings is 7. The van der Waals surface area contributed by atoms with Crippen molar-refractivity contribution in [3.05, 3.63) is 193 Å². The van der Waals surface area contributed by atoms with Crippen molar-refractivity contribution in [2.75, 3.05) is 0 Å². The first-order valence-corrected chi connectivity index (χ1v) is 17.2. The molecule has 222 valence electrons. The third-order valence-electron chi connectivity index (χ3n) is 8.71. The van der Waals surface area contributed by atoms with Crippen LogP contribution >= 0.6 is 0 Å².